The summed E-state index contributed by atoms with van der Waals surface area (Å²) >= 11 is 1.58. The minimum Gasteiger partial charge on any atom is -0.378 e. The van der Waals surface area contributed by atoms with E-state index in [2.05, 4.69) is 27.1 Å². The average molecular weight is 466 g/mol. The Labute approximate surface area is 200 Å². The molecule has 33 heavy (non-hydrogen) atoms. The lowest BCUT2D eigenvalue weighted by atomic mass is 10.1. The van der Waals surface area contributed by atoms with Crippen molar-refractivity contribution < 1.29 is 9.53 Å². The van der Waals surface area contributed by atoms with Gasteiger partial charge in [-0.15, -0.1) is 0 Å². The molecule has 0 aliphatic rings. The van der Waals surface area contributed by atoms with Crippen molar-refractivity contribution in [1.82, 2.24) is 20.3 Å². The van der Waals surface area contributed by atoms with Crippen LogP contribution < -0.4 is 10.2 Å². The molecule has 0 bridgehead atoms. The number of anilines is 1. The van der Waals surface area contributed by atoms with Crippen LogP contribution >= 0.6 is 11.8 Å². The van der Waals surface area contributed by atoms with E-state index in [9.17, 15) is 4.79 Å². The Morgan fingerprint density at radius 3 is 2.64 bits per heavy atom. The highest BCUT2D eigenvalue weighted by atomic mass is 32.2. The van der Waals surface area contributed by atoms with Crippen molar-refractivity contribution in [2.45, 2.75) is 37.3 Å². The maximum Gasteiger partial charge on any atom is 0.251 e. The number of ether oxygens (including phenoxy) is 1. The molecular weight excluding hydrogens is 434 g/mol. The van der Waals surface area contributed by atoms with Crippen LogP contribution in [0.5, 0.6) is 0 Å². The van der Waals surface area contributed by atoms with Crippen molar-refractivity contribution in [3.8, 4) is 0 Å². The number of nitrogens with one attached hydrogen (secondary N) is 1. The quantitative estimate of drug-likeness (QED) is 0.318. The summed E-state index contributed by atoms with van der Waals surface area (Å²) in [6.07, 6.45) is 3.52. The lowest BCUT2D eigenvalue weighted by molar-refractivity contribution is 0.0954. The number of rotatable bonds is 12. The highest BCUT2D eigenvalue weighted by molar-refractivity contribution is 7.98. The van der Waals surface area contributed by atoms with E-state index in [1.54, 1.807) is 25.1 Å². The van der Waals surface area contributed by atoms with E-state index in [1.165, 1.54) is 0 Å². The third-order valence-electron chi connectivity index (χ3n) is 4.96. The smallest absolute Gasteiger partial charge is 0.251 e. The molecule has 3 rings (SSSR count). The van der Waals surface area contributed by atoms with Crippen molar-refractivity contribution in [3.63, 3.8) is 0 Å². The Hall–Kier alpha value is -2.97. The molecule has 0 unspecified atom stereocenters. The number of benzene rings is 1. The van der Waals surface area contributed by atoms with Crippen LogP contribution in [-0.2, 0) is 23.5 Å². The zero-order chi connectivity index (χ0) is 23.5. The van der Waals surface area contributed by atoms with Crippen LogP contribution in [0.15, 0.2) is 59.9 Å². The Morgan fingerprint density at radius 1 is 1.12 bits per heavy atom. The second-order valence-electron chi connectivity index (χ2n) is 7.67. The minimum atomic E-state index is -0.0793. The molecule has 0 atom stereocenters. The summed E-state index contributed by atoms with van der Waals surface area (Å²) in [4.78, 5) is 28.1. The maximum atomic E-state index is 12.4. The van der Waals surface area contributed by atoms with Gasteiger partial charge in [-0.1, -0.05) is 36.9 Å². The van der Waals surface area contributed by atoms with Gasteiger partial charge in [0.25, 0.3) is 5.91 Å². The molecule has 0 fully saturated rings. The van der Waals surface area contributed by atoms with Gasteiger partial charge < -0.3 is 15.0 Å². The van der Waals surface area contributed by atoms with Crippen molar-refractivity contribution >= 4 is 23.5 Å². The fraction of sp³-hybridized carbons (Fsp3) is 0.360. The van der Waals surface area contributed by atoms with Crippen molar-refractivity contribution in [3.05, 3.63) is 77.2 Å². The Kier molecular flexibility index (Phi) is 9.65. The second-order valence-corrected chi connectivity index (χ2v) is 8.61. The topological polar surface area (TPSA) is 80.2 Å². The molecule has 1 aromatic carbocycles. The molecule has 0 aliphatic carbocycles. The number of hydrogen-bond acceptors (Lipinski definition) is 7. The number of hydrogen-bond donors (Lipinski definition) is 1. The van der Waals surface area contributed by atoms with Crippen molar-refractivity contribution in [2.24, 2.45) is 0 Å². The van der Waals surface area contributed by atoms with Crippen LogP contribution in [0.2, 0.25) is 0 Å². The van der Waals surface area contributed by atoms with E-state index in [-0.39, 0.29) is 5.91 Å². The fourth-order valence-corrected chi connectivity index (χ4v) is 4.07. The number of amides is 1. The summed E-state index contributed by atoms with van der Waals surface area (Å²) in [5.74, 6) is 1.54. The van der Waals surface area contributed by atoms with E-state index in [4.69, 9.17) is 9.72 Å². The fourth-order valence-electron chi connectivity index (χ4n) is 3.24. The Balaban J connectivity index is 1.55. The first-order valence-electron chi connectivity index (χ1n) is 11.1. The molecule has 0 radical (unpaired) electrons. The molecule has 8 heteroatoms. The number of nitrogens with zero attached hydrogens (tertiary/aromatic N) is 4. The van der Waals surface area contributed by atoms with Crippen LogP contribution in [0.25, 0.3) is 0 Å². The molecule has 0 spiro atoms. The van der Waals surface area contributed by atoms with Gasteiger partial charge in [-0.05, 0) is 36.2 Å². The van der Waals surface area contributed by atoms with E-state index in [0.717, 1.165) is 46.6 Å². The monoisotopic (exact) mass is 465 g/mol. The van der Waals surface area contributed by atoms with Gasteiger partial charge in [0.15, 0.2) is 5.16 Å². The number of thioether (sulfide) groups is 1. The third kappa shape index (κ3) is 7.83. The third-order valence-corrected chi connectivity index (χ3v) is 5.88. The maximum absolute atomic E-state index is 12.4. The van der Waals surface area contributed by atoms with E-state index in [1.807, 2.05) is 55.6 Å². The van der Waals surface area contributed by atoms with Gasteiger partial charge in [0.1, 0.15) is 5.82 Å². The van der Waals surface area contributed by atoms with Crippen LogP contribution in [-0.4, -0.2) is 48.1 Å². The summed E-state index contributed by atoms with van der Waals surface area (Å²) in [5.41, 5.74) is 3.58. The molecule has 0 saturated heterocycles. The largest absolute Gasteiger partial charge is 0.378 e. The molecule has 0 saturated carbocycles. The van der Waals surface area contributed by atoms with E-state index in [0.29, 0.717) is 25.1 Å². The average Bonchev–Trinajstić information content (AvgIpc) is 2.84. The number of methoxy groups -OCH3 is 1. The molecule has 2 heterocycles. The van der Waals surface area contributed by atoms with Gasteiger partial charge >= 0.3 is 0 Å². The zero-order valence-corrected chi connectivity index (χ0v) is 20.3. The molecular formula is C25H31N5O2S. The van der Waals surface area contributed by atoms with Gasteiger partial charge in [-0.25, -0.2) is 9.97 Å². The number of pyridine rings is 1. The number of aromatic nitrogens is 3. The van der Waals surface area contributed by atoms with E-state index < -0.39 is 0 Å². The molecule has 3 aromatic rings. The summed E-state index contributed by atoms with van der Waals surface area (Å²) < 4.78 is 5.27. The minimum absolute atomic E-state index is 0.0793. The number of carbonyl (C=O) groups is 1. The Bertz CT molecular complexity index is 1020. The van der Waals surface area contributed by atoms with Crippen molar-refractivity contribution in [2.75, 3.05) is 32.1 Å². The first-order valence-corrected chi connectivity index (χ1v) is 12.1. The predicted molar refractivity (Wildman–Crippen MR) is 133 cm³/mol. The van der Waals surface area contributed by atoms with Gasteiger partial charge in [-0.2, -0.15) is 0 Å². The standard InChI is InChI=1S/C25H31N5O2S/c1-4-15-30(2)23-16-22(17-32-3)28-25(29-23)33-18-19-8-10-20(11-9-19)24(31)27-14-12-21-7-5-6-13-26-21/h5-11,13,16H,4,12,14-15,17-18H2,1-3H3,(H,27,31). The summed E-state index contributed by atoms with van der Waals surface area (Å²) in [7, 11) is 3.71. The van der Waals surface area contributed by atoms with Crippen LogP contribution in [0.4, 0.5) is 5.82 Å². The highest BCUT2D eigenvalue weighted by Crippen LogP contribution is 2.23. The molecule has 7 nitrogen and oxygen atoms in total. The Morgan fingerprint density at radius 2 is 1.94 bits per heavy atom. The zero-order valence-electron chi connectivity index (χ0n) is 19.5. The summed E-state index contributed by atoms with van der Waals surface area (Å²) in [6.45, 7) is 4.08. The molecule has 2 aromatic heterocycles. The second kappa shape index (κ2) is 12.9. The van der Waals surface area contributed by atoms with Gasteiger partial charge in [-0.3, -0.25) is 9.78 Å². The molecule has 1 N–H and O–H groups in total. The van der Waals surface area contributed by atoms with E-state index >= 15 is 0 Å². The molecule has 0 aliphatic heterocycles. The lowest BCUT2D eigenvalue weighted by Gasteiger charge is -2.18. The van der Waals surface area contributed by atoms with Gasteiger partial charge in [0.05, 0.1) is 12.3 Å². The SMILES string of the molecule is CCCN(C)c1cc(COC)nc(SCc2ccc(C(=O)NCCc3ccccn3)cc2)n1. The molecule has 174 valence electrons. The van der Waals surface area contributed by atoms with Crippen LogP contribution in [0, 0.1) is 0 Å². The first-order chi connectivity index (χ1) is 16.1. The van der Waals surface area contributed by atoms with Crippen LogP contribution in [0.1, 0.15) is 40.7 Å². The van der Waals surface area contributed by atoms with Gasteiger partial charge in [0.2, 0.25) is 0 Å². The summed E-state index contributed by atoms with van der Waals surface area (Å²) in [5, 5.41) is 3.67. The normalized spacial score (nSPS) is 10.8. The number of carbonyl (C=O) groups excluding carboxylic acids is 1. The summed E-state index contributed by atoms with van der Waals surface area (Å²) in [6, 6.07) is 15.4. The lowest BCUT2D eigenvalue weighted by Crippen LogP contribution is -2.25. The first kappa shape index (κ1) is 24.7. The van der Waals surface area contributed by atoms with Crippen molar-refractivity contribution in [1.29, 1.82) is 0 Å². The molecule has 1 amide bonds. The highest BCUT2D eigenvalue weighted by Gasteiger charge is 2.10. The van der Waals surface area contributed by atoms with Gasteiger partial charge in [0, 0.05) is 62.9 Å². The van der Waals surface area contributed by atoms with Crippen LogP contribution in [0.3, 0.4) is 0 Å². The predicted octanol–water partition coefficient (Wildman–Crippen LogP) is 4.13.